The fraction of sp³-hybridized carbons (Fsp3) is 0.188. The Morgan fingerprint density at radius 2 is 2.19 bits per heavy atom. The summed E-state index contributed by atoms with van der Waals surface area (Å²) in [5.41, 5.74) is 1.49. The van der Waals surface area contributed by atoms with E-state index in [1.807, 2.05) is 18.5 Å². The summed E-state index contributed by atoms with van der Waals surface area (Å²) in [6.07, 6.45) is 2.46. The van der Waals surface area contributed by atoms with Crippen molar-refractivity contribution in [1.82, 2.24) is 4.90 Å². The van der Waals surface area contributed by atoms with Gasteiger partial charge < -0.3 is 5.11 Å². The van der Waals surface area contributed by atoms with Gasteiger partial charge >= 0.3 is 5.97 Å². The second-order valence-corrected chi connectivity index (χ2v) is 5.80. The molecule has 0 radical (unpaired) electrons. The highest BCUT2D eigenvalue weighted by Gasteiger charge is 2.07. The summed E-state index contributed by atoms with van der Waals surface area (Å²) >= 11 is 1.69. The van der Waals surface area contributed by atoms with Crippen LogP contribution in [-0.4, -0.2) is 23.0 Å². The van der Waals surface area contributed by atoms with Crippen LogP contribution >= 0.6 is 11.3 Å². The number of aliphatic carboxylic acids is 1. The molecule has 2 aromatic rings. The highest BCUT2D eigenvalue weighted by molar-refractivity contribution is 7.09. The summed E-state index contributed by atoms with van der Waals surface area (Å²) in [4.78, 5) is 14.0. The molecule has 0 saturated carbocycles. The SMILES string of the molecule is CN(Cc1cccs1)Cc1ccc(F)cc1C=CC(=O)O. The van der Waals surface area contributed by atoms with Crippen molar-refractivity contribution in [3.05, 3.63) is 63.6 Å². The van der Waals surface area contributed by atoms with E-state index in [1.165, 1.54) is 23.1 Å². The zero-order valence-electron chi connectivity index (χ0n) is 11.6. The minimum Gasteiger partial charge on any atom is -0.478 e. The Balaban J connectivity index is 2.13. The Morgan fingerprint density at radius 1 is 1.38 bits per heavy atom. The van der Waals surface area contributed by atoms with Gasteiger partial charge in [0.2, 0.25) is 0 Å². The molecular formula is C16H16FNO2S. The van der Waals surface area contributed by atoms with Gasteiger partial charge in [0.1, 0.15) is 5.82 Å². The summed E-state index contributed by atoms with van der Waals surface area (Å²) in [5.74, 6) is -1.41. The third-order valence-corrected chi connectivity index (χ3v) is 3.82. The molecule has 0 saturated heterocycles. The molecule has 5 heteroatoms. The Kier molecular flexibility index (Phi) is 5.25. The first-order valence-corrected chi connectivity index (χ1v) is 7.33. The number of carboxylic acid groups (broad SMARTS) is 1. The lowest BCUT2D eigenvalue weighted by atomic mass is 10.1. The van der Waals surface area contributed by atoms with E-state index >= 15 is 0 Å². The van der Waals surface area contributed by atoms with Crippen LogP contribution in [0.2, 0.25) is 0 Å². The van der Waals surface area contributed by atoms with Crippen LogP contribution in [0.1, 0.15) is 16.0 Å². The van der Waals surface area contributed by atoms with E-state index in [0.717, 1.165) is 18.2 Å². The van der Waals surface area contributed by atoms with Gasteiger partial charge in [0.15, 0.2) is 0 Å². The van der Waals surface area contributed by atoms with E-state index in [-0.39, 0.29) is 5.82 Å². The van der Waals surface area contributed by atoms with Crippen molar-refractivity contribution in [1.29, 1.82) is 0 Å². The predicted molar refractivity (Wildman–Crippen MR) is 82.6 cm³/mol. The minimum absolute atomic E-state index is 0.371. The van der Waals surface area contributed by atoms with E-state index in [2.05, 4.69) is 11.0 Å². The van der Waals surface area contributed by atoms with Crippen molar-refractivity contribution in [3.8, 4) is 0 Å². The molecule has 3 nitrogen and oxygen atoms in total. The van der Waals surface area contributed by atoms with E-state index < -0.39 is 5.97 Å². The molecule has 0 unspecified atom stereocenters. The molecule has 1 aromatic carbocycles. The fourth-order valence-electron chi connectivity index (χ4n) is 2.04. The first kappa shape index (κ1) is 15.4. The number of benzene rings is 1. The predicted octanol–water partition coefficient (Wildman–Crippen LogP) is 3.62. The number of carboxylic acids is 1. The number of thiophene rings is 1. The van der Waals surface area contributed by atoms with Crippen molar-refractivity contribution >= 4 is 23.4 Å². The van der Waals surface area contributed by atoms with Crippen LogP contribution in [0.4, 0.5) is 4.39 Å². The molecule has 0 aliphatic carbocycles. The standard InChI is InChI=1S/C16H16FNO2S/c1-18(11-15-3-2-8-21-15)10-13-4-6-14(17)9-12(13)5-7-16(19)20/h2-9H,10-11H2,1H3,(H,19,20). The number of hydrogen-bond donors (Lipinski definition) is 1. The third-order valence-electron chi connectivity index (χ3n) is 2.96. The molecule has 1 N–H and O–H groups in total. The van der Waals surface area contributed by atoms with Crippen molar-refractivity contribution in [2.24, 2.45) is 0 Å². The van der Waals surface area contributed by atoms with Crippen LogP contribution in [0.25, 0.3) is 6.08 Å². The molecule has 0 aliphatic heterocycles. The lowest BCUT2D eigenvalue weighted by Gasteiger charge is -2.17. The third kappa shape index (κ3) is 4.81. The molecular weight excluding hydrogens is 289 g/mol. The largest absolute Gasteiger partial charge is 0.478 e. The van der Waals surface area contributed by atoms with Crippen molar-refractivity contribution < 1.29 is 14.3 Å². The van der Waals surface area contributed by atoms with Crippen molar-refractivity contribution in [2.45, 2.75) is 13.1 Å². The minimum atomic E-state index is -1.04. The monoisotopic (exact) mass is 305 g/mol. The van der Waals surface area contributed by atoms with Crippen molar-refractivity contribution in [2.75, 3.05) is 7.05 Å². The number of carbonyl (C=O) groups is 1. The summed E-state index contributed by atoms with van der Waals surface area (Å²) in [5, 5.41) is 10.7. The summed E-state index contributed by atoms with van der Waals surface area (Å²) in [7, 11) is 1.98. The highest BCUT2D eigenvalue weighted by Crippen LogP contribution is 2.17. The summed E-state index contributed by atoms with van der Waals surface area (Å²) in [6, 6.07) is 8.52. The average molecular weight is 305 g/mol. The molecule has 0 fully saturated rings. The van der Waals surface area contributed by atoms with Crippen LogP contribution in [0.15, 0.2) is 41.8 Å². The van der Waals surface area contributed by atoms with E-state index in [4.69, 9.17) is 5.11 Å². The maximum absolute atomic E-state index is 13.3. The Bertz CT molecular complexity index is 638. The lowest BCUT2D eigenvalue weighted by molar-refractivity contribution is -0.131. The molecule has 0 spiro atoms. The Labute approximate surface area is 127 Å². The first-order valence-electron chi connectivity index (χ1n) is 6.45. The zero-order valence-corrected chi connectivity index (χ0v) is 12.4. The van der Waals surface area contributed by atoms with Gasteiger partial charge in [-0.05, 0) is 47.8 Å². The molecule has 0 aliphatic rings. The normalized spacial score (nSPS) is 11.4. The summed E-state index contributed by atoms with van der Waals surface area (Å²) < 4.78 is 13.3. The van der Waals surface area contributed by atoms with E-state index in [1.54, 1.807) is 17.4 Å². The smallest absolute Gasteiger partial charge is 0.328 e. The van der Waals surface area contributed by atoms with E-state index in [0.29, 0.717) is 12.1 Å². The van der Waals surface area contributed by atoms with Crippen LogP contribution in [-0.2, 0) is 17.9 Å². The molecule has 1 heterocycles. The Hall–Kier alpha value is -1.98. The van der Waals surface area contributed by atoms with Gasteiger partial charge in [-0.2, -0.15) is 0 Å². The van der Waals surface area contributed by atoms with Crippen molar-refractivity contribution in [3.63, 3.8) is 0 Å². The van der Waals surface area contributed by atoms with Gasteiger partial charge in [0, 0.05) is 24.0 Å². The van der Waals surface area contributed by atoms with Gasteiger partial charge in [-0.25, -0.2) is 9.18 Å². The van der Waals surface area contributed by atoms with Gasteiger partial charge in [-0.1, -0.05) is 12.1 Å². The average Bonchev–Trinajstić information content (AvgIpc) is 2.91. The zero-order chi connectivity index (χ0) is 15.2. The number of halogens is 1. The highest BCUT2D eigenvalue weighted by atomic mass is 32.1. The van der Waals surface area contributed by atoms with Crippen LogP contribution in [0.5, 0.6) is 0 Å². The van der Waals surface area contributed by atoms with Crippen LogP contribution < -0.4 is 0 Å². The number of rotatable bonds is 6. The Morgan fingerprint density at radius 3 is 2.86 bits per heavy atom. The van der Waals surface area contributed by atoms with Gasteiger partial charge in [0.05, 0.1) is 0 Å². The maximum Gasteiger partial charge on any atom is 0.328 e. The second-order valence-electron chi connectivity index (χ2n) is 4.77. The topological polar surface area (TPSA) is 40.5 Å². The van der Waals surface area contributed by atoms with Crippen LogP contribution in [0, 0.1) is 5.82 Å². The molecule has 0 amide bonds. The molecule has 21 heavy (non-hydrogen) atoms. The summed E-state index contributed by atoms with van der Waals surface area (Å²) in [6.45, 7) is 1.43. The van der Waals surface area contributed by atoms with Gasteiger partial charge in [0.25, 0.3) is 0 Å². The second kappa shape index (κ2) is 7.15. The van der Waals surface area contributed by atoms with E-state index in [9.17, 15) is 9.18 Å². The lowest BCUT2D eigenvalue weighted by Crippen LogP contribution is -2.17. The van der Waals surface area contributed by atoms with Crippen LogP contribution in [0.3, 0.4) is 0 Å². The molecule has 1 aromatic heterocycles. The molecule has 110 valence electrons. The quantitative estimate of drug-likeness (QED) is 0.829. The molecule has 0 bridgehead atoms. The molecule has 2 rings (SSSR count). The molecule has 0 atom stereocenters. The maximum atomic E-state index is 13.3. The van der Waals surface area contributed by atoms with Gasteiger partial charge in [-0.15, -0.1) is 11.3 Å². The van der Waals surface area contributed by atoms with Gasteiger partial charge in [-0.3, -0.25) is 4.90 Å². The number of nitrogens with zero attached hydrogens (tertiary/aromatic N) is 1. The first-order chi connectivity index (χ1) is 10.0. The fourth-order valence-corrected chi connectivity index (χ4v) is 2.83. The number of hydrogen-bond acceptors (Lipinski definition) is 3.